The lowest BCUT2D eigenvalue weighted by molar-refractivity contribution is -0.274. The predicted molar refractivity (Wildman–Crippen MR) is 82.1 cm³/mol. The molecule has 1 aromatic heterocycles. The van der Waals surface area contributed by atoms with Gasteiger partial charge in [0, 0.05) is 12.6 Å². The minimum atomic E-state index is -4.75. The molecule has 2 N–H and O–H groups in total. The number of fused-ring (bicyclic) bond motifs is 1. The fraction of sp³-hybridized carbons (Fsp3) is 0.429. The van der Waals surface area contributed by atoms with Crippen LogP contribution in [0.1, 0.15) is 6.92 Å². The summed E-state index contributed by atoms with van der Waals surface area (Å²) in [6.45, 7) is 2.89. The van der Waals surface area contributed by atoms with Gasteiger partial charge in [-0.05, 0) is 19.1 Å². The molecule has 0 bridgehead atoms. The quantitative estimate of drug-likeness (QED) is 0.879. The number of ether oxygens (including phenoxy) is 2. The molecule has 24 heavy (non-hydrogen) atoms. The van der Waals surface area contributed by atoms with Crippen LogP contribution in [0.25, 0.3) is 10.2 Å². The first kappa shape index (κ1) is 16.9. The van der Waals surface area contributed by atoms with Crippen LogP contribution in [0.15, 0.2) is 18.2 Å². The Morgan fingerprint density at radius 3 is 3.00 bits per heavy atom. The Balaban J connectivity index is 1.74. The van der Waals surface area contributed by atoms with Gasteiger partial charge in [0.25, 0.3) is 0 Å². The van der Waals surface area contributed by atoms with Crippen LogP contribution in [0.2, 0.25) is 0 Å². The number of carbonyl (C=O) groups is 1. The third-order valence-electron chi connectivity index (χ3n) is 3.42. The standard InChI is InChI=1S/C14H14F3N3O3S/c1-7-11(18-4-5-22-7)12(21)20-13-19-9-3-2-8(6-10(9)24-13)23-14(15,16)17/h2-3,6-7,11,18H,4-5H2,1H3,(H,19,20,21)/t7-,11+/m1/s1. The second-order valence-corrected chi connectivity index (χ2v) is 6.22. The zero-order valence-electron chi connectivity index (χ0n) is 12.5. The molecule has 0 aliphatic carbocycles. The number of nitrogens with one attached hydrogen (secondary N) is 2. The maximum atomic E-state index is 12.3. The van der Waals surface area contributed by atoms with Gasteiger partial charge in [0.05, 0.1) is 22.9 Å². The van der Waals surface area contributed by atoms with Crippen molar-refractivity contribution in [1.82, 2.24) is 10.3 Å². The average molecular weight is 361 g/mol. The Bertz CT molecular complexity index is 750. The third kappa shape index (κ3) is 3.94. The van der Waals surface area contributed by atoms with Crippen molar-refractivity contribution in [3.63, 3.8) is 0 Å². The number of aromatic nitrogens is 1. The van der Waals surface area contributed by atoms with Crippen molar-refractivity contribution < 1.29 is 27.4 Å². The molecule has 1 saturated heterocycles. The predicted octanol–water partition coefficient (Wildman–Crippen LogP) is 2.51. The SMILES string of the molecule is C[C@H]1OCCN[C@@H]1C(=O)Nc1nc2ccc(OC(F)(F)F)cc2s1. The molecular formula is C14H14F3N3O3S. The van der Waals surface area contributed by atoms with Crippen LogP contribution in [-0.4, -0.2) is 42.6 Å². The zero-order valence-corrected chi connectivity index (χ0v) is 13.3. The van der Waals surface area contributed by atoms with E-state index in [4.69, 9.17) is 4.74 Å². The molecule has 2 aromatic rings. The largest absolute Gasteiger partial charge is 0.573 e. The highest BCUT2D eigenvalue weighted by Gasteiger charge is 2.31. The summed E-state index contributed by atoms with van der Waals surface area (Å²) < 4.78 is 46.5. The van der Waals surface area contributed by atoms with Crippen LogP contribution in [0, 0.1) is 0 Å². The molecule has 2 atom stereocenters. The number of anilines is 1. The fourth-order valence-electron chi connectivity index (χ4n) is 2.37. The van der Waals surface area contributed by atoms with Crippen molar-refractivity contribution in [2.45, 2.75) is 25.4 Å². The molecule has 0 radical (unpaired) electrons. The van der Waals surface area contributed by atoms with Crippen molar-refractivity contribution in [2.24, 2.45) is 0 Å². The van der Waals surface area contributed by atoms with Gasteiger partial charge in [-0.15, -0.1) is 13.2 Å². The van der Waals surface area contributed by atoms with Gasteiger partial charge in [0.15, 0.2) is 5.13 Å². The highest BCUT2D eigenvalue weighted by Crippen LogP contribution is 2.31. The molecule has 0 saturated carbocycles. The minimum absolute atomic E-state index is 0.278. The Morgan fingerprint density at radius 1 is 1.50 bits per heavy atom. The van der Waals surface area contributed by atoms with E-state index in [9.17, 15) is 18.0 Å². The monoisotopic (exact) mass is 361 g/mol. The molecule has 130 valence electrons. The van der Waals surface area contributed by atoms with Crippen LogP contribution < -0.4 is 15.4 Å². The molecule has 1 aliphatic rings. The summed E-state index contributed by atoms with van der Waals surface area (Å²) in [5.41, 5.74) is 0.478. The first-order valence-corrected chi connectivity index (χ1v) is 7.96. The molecule has 1 fully saturated rings. The number of alkyl halides is 3. The number of rotatable bonds is 3. The van der Waals surface area contributed by atoms with Gasteiger partial charge in [-0.25, -0.2) is 4.98 Å². The van der Waals surface area contributed by atoms with Crippen molar-refractivity contribution in [2.75, 3.05) is 18.5 Å². The van der Waals surface area contributed by atoms with Crippen LogP contribution >= 0.6 is 11.3 Å². The summed E-state index contributed by atoms with van der Waals surface area (Å²) in [5.74, 6) is -0.625. The van der Waals surface area contributed by atoms with E-state index in [0.29, 0.717) is 28.5 Å². The van der Waals surface area contributed by atoms with Gasteiger partial charge in [-0.1, -0.05) is 11.3 Å². The van der Waals surface area contributed by atoms with Crippen molar-refractivity contribution >= 4 is 32.6 Å². The minimum Gasteiger partial charge on any atom is -0.406 e. The average Bonchev–Trinajstić information content (AvgIpc) is 2.87. The van der Waals surface area contributed by atoms with Crippen molar-refractivity contribution in [3.05, 3.63) is 18.2 Å². The van der Waals surface area contributed by atoms with E-state index in [-0.39, 0.29) is 17.8 Å². The van der Waals surface area contributed by atoms with Gasteiger partial charge in [-0.3, -0.25) is 4.79 Å². The first-order valence-electron chi connectivity index (χ1n) is 7.14. The van der Waals surface area contributed by atoms with Crippen molar-refractivity contribution in [3.8, 4) is 5.75 Å². The second kappa shape index (κ2) is 6.54. The maximum absolute atomic E-state index is 12.3. The smallest absolute Gasteiger partial charge is 0.406 e. The van der Waals surface area contributed by atoms with Crippen molar-refractivity contribution in [1.29, 1.82) is 0 Å². The van der Waals surface area contributed by atoms with Crippen LogP contribution in [0.3, 0.4) is 0 Å². The maximum Gasteiger partial charge on any atom is 0.573 e. The molecule has 6 nitrogen and oxygen atoms in total. The van der Waals surface area contributed by atoms with E-state index in [2.05, 4.69) is 20.4 Å². The highest BCUT2D eigenvalue weighted by atomic mass is 32.1. The fourth-order valence-corrected chi connectivity index (χ4v) is 3.26. The number of halogens is 3. The number of thiazole rings is 1. The van der Waals surface area contributed by atoms with Gasteiger partial charge < -0.3 is 20.1 Å². The number of carbonyl (C=O) groups excluding carboxylic acids is 1. The molecule has 0 unspecified atom stereocenters. The lowest BCUT2D eigenvalue weighted by Gasteiger charge is -2.28. The Kier molecular flexibility index (Phi) is 4.61. The molecule has 0 spiro atoms. The number of amides is 1. The molecule has 2 heterocycles. The summed E-state index contributed by atoms with van der Waals surface area (Å²) >= 11 is 1.07. The summed E-state index contributed by atoms with van der Waals surface area (Å²) in [4.78, 5) is 16.4. The number of benzene rings is 1. The zero-order chi connectivity index (χ0) is 17.3. The normalized spacial score (nSPS) is 21.7. The van der Waals surface area contributed by atoms with E-state index in [0.717, 1.165) is 11.3 Å². The van der Waals surface area contributed by atoms with Gasteiger partial charge in [0.2, 0.25) is 5.91 Å². The van der Waals surface area contributed by atoms with Gasteiger partial charge in [0.1, 0.15) is 11.8 Å². The van der Waals surface area contributed by atoms with Crippen LogP contribution in [0.5, 0.6) is 5.75 Å². The van der Waals surface area contributed by atoms with E-state index < -0.39 is 12.4 Å². The molecule has 10 heteroatoms. The summed E-state index contributed by atoms with van der Waals surface area (Å²) in [7, 11) is 0. The molecule has 1 aromatic carbocycles. The lowest BCUT2D eigenvalue weighted by atomic mass is 10.1. The Hall–Kier alpha value is -1.91. The van der Waals surface area contributed by atoms with E-state index in [1.165, 1.54) is 18.2 Å². The lowest BCUT2D eigenvalue weighted by Crippen LogP contribution is -2.53. The Labute approximate surface area is 139 Å². The third-order valence-corrected chi connectivity index (χ3v) is 4.36. The summed E-state index contributed by atoms with van der Waals surface area (Å²) in [6, 6.07) is 3.32. The summed E-state index contributed by atoms with van der Waals surface area (Å²) in [5, 5.41) is 6.02. The molecule has 1 aliphatic heterocycles. The van der Waals surface area contributed by atoms with Gasteiger partial charge in [-0.2, -0.15) is 0 Å². The number of hydrogen-bond donors (Lipinski definition) is 2. The topological polar surface area (TPSA) is 72.5 Å². The molecule has 3 rings (SSSR count). The molecule has 1 amide bonds. The van der Waals surface area contributed by atoms with E-state index in [1.807, 2.05) is 0 Å². The van der Waals surface area contributed by atoms with Crippen LogP contribution in [0.4, 0.5) is 18.3 Å². The summed E-state index contributed by atoms with van der Waals surface area (Å²) in [6.07, 6.45) is -5.03. The Morgan fingerprint density at radius 2 is 2.29 bits per heavy atom. The second-order valence-electron chi connectivity index (χ2n) is 5.19. The van der Waals surface area contributed by atoms with E-state index >= 15 is 0 Å². The molecular weight excluding hydrogens is 347 g/mol. The first-order chi connectivity index (χ1) is 11.3. The highest BCUT2D eigenvalue weighted by molar-refractivity contribution is 7.22. The van der Waals surface area contributed by atoms with Crippen LogP contribution in [-0.2, 0) is 9.53 Å². The van der Waals surface area contributed by atoms with E-state index in [1.54, 1.807) is 6.92 Å². The number of hydrogen-bond acceptors (Lipinski definition) is 6. The number of morpholine rings is 1. The number of nitrogens with zero attached hydrogens (tertiary/aromatic N) is 1. The van der Waals surface area contributed by atoms with Gasteiger partial charge >= 0.3 is 6.36 Å².